The smallest absolute Gasteiger partial charge is 0.337 e. The van der Waals surface area contributed by atoms with Gasteiger partial charge in [-0.1, -0.05) is 23.7 Å². The largest absolute Gasteiger partial charge is 0.465 e. The van der Waals surface area contributed by atoms with Crippen molar-refractivity contribution in [1.82, 2.24) is 5.32 Å². The highest BCUT2D eigenvalue weighted by Crippen LogP contribution is 2.41. The van der Waals surface area contributed by atoms with E-state index in [1.54, 1.807) is 24.3 Å². The molecule has 5 heteroatoms. The number of hydrogen-bond acceptors (Lipinski definition) is 3. The van der Waals surface area contributed by atoms with Gasteiger partial charge in [0.15, 0.2) is 0 Å². The number of amides is 1. The Balaban J connectivity index is 1.74. The number of rotatable bonds is 5. The molecule has 1 fully saturated rings. The van der Waals surface area contributed by atoms with Crippen LogP contribution in [0.2, 0.25) is 5.02 Å². The molecule has 0 spiro atoms. The van der Waals surface area contributed by atoms with Gasteiger partial charge in [-0.15, -0.1) is 0 Å². The van der Waals surface area contributed by atoms with E-state index in [2.05, 4.69) is 10.1 Å². The summed E-state index contributed by atoms with van der Waals surface area (Å²) >= 11 is 5.94. The molecule has 0 bridgehead atoms. The maximum Gasteiger partial charge on any atom is 0.337 e. The van der Waals surface area contributed by atoms with Crippen LogP contribution in [0, 0.1) is 5.92 Å². The van der Waals surface area contributed by atoms with Gasteiger partial charge in [-0.25, -0.2) is 4.79 Å². The van der Waals surface area contributed by atoms with Gasteiger partial charge in [0.1, 0.15) is 0 Å². The van der Waals surface area contributed by atoms with E-state index in [0.29, 0.717) is 22.1 Å². The Hall–Kier alpha value is -2.33. The number of benzene rings is 2. The Morgan fingerprint density at radius 3 is 2.17 bits per heavy atom. The van der Waals surface area contributed by atoms with Crippen LogP contribution < -0.4 is 5.32 Å². The van der Waals surface area contributed by atoms with Gasteiger partial charge in [0.2, 0.25) is 0 Å². The molecule has 1 aliphatic rings. The molecule has 24 heavy (non-hydrogen) atoms. The highest BCUT2D eigenvalue weighted by Gasteiger charge is 2.33. The molecule has 2 aromatic carbocycles. The normalized spacial score (nSPS) is 14.8. The van der Waals surface area contributed by atoms with E-state index < -0.39 is 5.97 Å². The molecule has 1 saturated carbocycles. The molecular weight excluding hydrogens is 326 g/mol. The van der Waals surface area contributed by atoms with E-state index in [1.165, 1.54) is 7.11 Å². The lowest BCUT2D eigenvalue weighted by molar-refractivity contribution is 0.0600. The summed E-state index contributed by atoms with van der Waals surface area (Å²) in [5, 5.41) is 3.77. The molecule has 3 rings (SSSR count). The van der Waals surface area contributed by atoms with Gasteiger partial charge in [-0.05, 0) is 60.7 Å². The molecule has 1 amide bonds. The molecule has 0 aromatic heterocycles. The first-order valence-electron chi connectivity index (χ1n) is 7.83. The summed E-state index contributed by atoms with van der Waals surface area (Å²) < 4.78 is 4.66. The molecule has 1 N–H and O–H groups in total. The summed E-state index contributed by atoms with van der Waals surface area (Å²) in [6, 6.07) is 14.0. The highest BCUT2D eigenvalue weighted by molar-refractivity contribution is 6.30. The lowest BCUT2D eigenvalue weighted by atomic mass is 10.0. The van der Waals surface area contributed by atoms with E-state index in [0.717, 1.165) is 18.4 Å². The lowest BCUT2D eigenvalue weighted by Crippen LogP contribution is -2.29. The Bertz CT molecular complexity index is 736. The van der Waals surface area contributed by atoms with Crippen LogP contribution in [0.4, 0.5) is 0 Å². The van der Waals surface area contributed by atoms with Crippen molar-refractivity contribution < 1.29 is 14.3 Å². The molecule has 0 saturated heterocycles. The summed E-state index contributed by atoms with van der Waals surface area (Å²) in [5.74, 6) is -0.110. The zero-order valence-electron chi connectivity index (χ0n) is 13.3. The van der Waals surface area contributed by atoms with Crippen molar-refractivity contribution >= 4 is 23.5 Å². The van der Waals surface area contributed by atoms with Crippen LogP contribution >= 0.6 is 11.6 Å². The fourth-order valence-electron chi connectivity index (χ4n) is 2.67. The molecule has 4 nitrogen and oxygen atoms in total. The average molecular weight is 344 g/mol. The van der Waals surface area contributed by atoms with E-state index in [-0.39, 0.29) is 11.9 Å². The standard InChI is InChI=1S/C19H18ClNO3/c1-24-19(23)15-6-4-14(5-7-15)18(22)21-17(12-2-3-12)13-8-10-16(20)11-9-13/h4-12,17H,2-3H2,1H3,(H,21,22). The van der Waals surface area contributed by atoms with E-state index >= 15 is 0 Å². The van der Waals surface area contributed by atoms with Gasteiger partial charge in [0.05, 0.1) is 18.7 Å². The van der Waals surface area contributed by atoms with Gasteiger partial charge >= 0.3 is 5.97 Å². The van der Waals surface area contributed by atoms with Gasteiger partial charge < -0.3 is 10.1 Å². The Morgan fingerprint density at radius 2 is 1.62 bits per heavy atom. The molecule has 124 valence electrons. The number of hydrogen-bond donors (Lipinski definition) is 1. The number of ether oxygens (including phenoxy) is 1. The average Bonchev–Trinajstić information content (AvgIpc) is 3.45. The minimum absolute atomic E-state index is 0.0185. The van der Waals surface area contributed by atoms with Gasteiger partial charge in [0.25, 0.3) is 5.91 Å². The third kappa shape index (κ3) is 3.77. The summed E-state index contributed by atoms with van der Waals surface area (Å²) in [6.07, 6.45) is 2.21. The molecule has 0 aliphatic heterocycles. The van der Waals surface area contributed by atoms with E-state index in [4.69, 9.17) is 11.6 Å². The maximum atomic E-state index is 12.5. The van der Waals surface area contributed by atoms with Crippen molar-refractivity contribution in [2.24, 2.45) is 5.92 Å². The predicted octanol–water partition coefficient (Wildman–Crippen LogP) is 4.01. The summed E-state index contributed by atoms with van der Waals surface area (Å²) in [4.78, 5) is 24.0. The van der Waals surface area contributed by atoms with Crippen LogP contribution in [0.15, 0.2) is 48.5 Å². The molecule has 0 heterocycles. The zero-order valence-corrected chi connectivity index (χ0v) is 14.0. The van der Waals surface area contributed by atoms with Crippen LogP contribution in [-0.4, -0.2) is 19.0 Å². The second kappa shape index (κ2) is 7.05. The van der Waals surface area contributed by atoms with Gasteiger partial charge in [-0.3, -0.25) is 4.79 Å². The Morgan fingerprint density at radius 1 is 1.04 bits per heavy atom. The van der Waals surface area contributed by atoms with Crippen LogP contribution in [0.5, 0.6) is 0 Å². The molecule has 1 atom stereocenters. The van der Waals surface area contributed by atoms with E-state index in [1.807, 2.05) is 24.3 Å². The first-order valence-corrected chi connectivity index (χ1v) is 8.21. The summed E-state index contributed by atoms with van der Waals surface area (Å²) in [5.41, 5.74) is 1.99. The number of esters is 1. The Labute approximate surface area is 145 Å². The number of carbonyl (C=O) groups is 2. The quantitative estimate of drug-likeness (QED) is 0.834. The highest BCUT2D eigenvalue weighted by atomic mass is 35.5. The molecule has 2 aromatic rings. The minimum atomic E-state index is -0.418. The predicted molar refractivity (Wildman–Crippen MR) is 92.2 cm³/mol. The molecule has 1 aliphatic carbocycles. The van der Waals surface area contributed by atoms with Crippen LogP contribution in [0.3, 0.4) is 0 Å². The Kier molecular flexibility index (Phi) is 4.86. The monoisotopic (exact) mass is 343 g/mol. The van der Waals surface area contributed by atoms with Crippen molar-refractivity contribution in [2.45, 2.75) is 18.9 Å². The van der Waals surface area contributed by atoms with Crippen LogP contribution in [0.25, 0.3) is 0 Å². The van der Waals surface area contributed by atoms with Crippen molar-refractivity contribution in [2.75, 3.05) is 7.11 Å². The number of nitrogens with one attached hydrogen (secondary N) is 1. The topological polar surface area (TPSA) is 55.4 Å². The SMILES string of the molecule is COC(=O)c1ccc(C(=O)NC(c2ccc(Cl)cc2)C2CC2)cc1. The summed E-state index contributed by atoms with van der Waals surface area (Å²) in [7, 11) is 1.33. The third-order valence-corrected chi connectivity index (χ3v) is 4.43. The number of carbonyl (C=O) groups excluding carboxylic acids is 2. The van der Waals surface area contributed by atoms with Gasteiger partial charge in [-0.2, -0.15) is 0 Å². The zero-order chi connectivity index (χ0) is 17.1. The van der Waals surface area contributed by atoms with Crippen molar-refractivity contribution in [3.8, 4) is 0 Å². The molecule has 1 unspecified atom stereocenters. The second-order valence-electron chi connectivity index (χ2n) is 5.91. The van der Waals surface area contributed by atoms with Crippen molar-refractivity contribution in [3.63, 3.8) is 0 Å². The molecular formula is C19H18ClNO3. The van der Waals surface area contributed by atoms with Crippen molar-refractivity contribution in [1.29, 1.82) is 0 Å². The minimum Gasteiger partial charge on any atom is -0.465 e. The number of methoxy groups -OCH3 is 1. The first kappa shape index (κ1) is 16.5. The third-order valence-electron chi connectivity index (χ3n) is 4.18. The van der Waals surface area contributed by atoms with Crippen LogP contribution in [-0.2, 0) is 4.74 Å². The summed E-state index contributed by atoms with van der Waals surface area (Å²) in [6.45, 7) is 0. The fourth-order valence-corrected chi connectivity index (χ4v) is 2.80. The number of halogens is 1. The maximum absolute atomic E-state index is 12.5. The molecule has 0 radical (unpaired) electrons. The lowest BCUT2D eigenvalue weighted by Gasteiger charge is -2.19. The second-order valence-corrected chi connectivity index (χ2v) is 6.35. The van der Waals surface area contributed by atoms with E-state index in [9.17, 15) is 9.59 Å². The van der Waals surface area contributed by atoms with Gasteiger partial charge in [0, 0.05) is 10.6 Å². The fraction of sp³-hybridized carbons (Fsp3) is 0.263. The first-order chi connectivity index (χ1) is 11.6. The van der Waals surface area contributed by atoms with Crippen LogP contribution in [0.1, 0.15) is 45.2 Å². The van der Waals surface area contributed by atoms with Crippen molar-refractivity contribution in [3.05, 3.63) is 70.2 Å².